The molecule has 0 saturated heterocycles. The Bertz CT molecular complexity index is 1050. The van der Waals surface area contributed by atoms with E-state index in [9.17, 15) is 14.7 Å². The molecule has 0 fully saturated rings. The van der Waals surface area contributed by atoms with Crippen LogP contribution < -0.4 is 0 Å². The molecule has 27 heavy (non-hydrogen) atoms. The molecule has 4 rings (SSSR count). The average Bonchev–Trinajstić information content (AvgIpc) is 3.15. The van der Waals surface area contributed by atoms with E-state index in [0.29, 0.717) is 10.9 Å². The molecule has 0 unspecified atom stereocenters. The normalized spacial score (nSPS) is 14.0. The zero-order valence-electron chi connectivity index (χ0n) is 15.1. The lowest BCUT2D eigenvalue weighted by Crippen LogP contribution is -2.24. The van der Waals surface area contributed by atoms with Crippen LogP contribution in [0.4, 0.5) is 0 Å². The number of benzene rings is 3. The number of phenols is 1. The molecule has 0 saturated carbocycles. The first kappa shape index (κ1) is 17.3. The summed E-state index contributed by atoms with van der Waals surface area (Å²) in [5.74, 6) is -1.08. The van der Waals surface area contributed by atoms with Crippen molar-refractivity contribution < 1.29 is 19.4 Å². The van der Waals surface area contributed by atoms with Crippen LogP contribution in [0, 0.1) is 0 Å². The van der Waals surface area contributed by atoms with Gasteiger partial charge in [0.1, 0.15) is 11.3 Å². The second kappa shape index (κ2) is 6.88. The van der Waals surface area contributed by atoms with E-state index in [0.717, 1.165) is 24.6 Å². The average molecular weight is 360 g/mol. The largest absolute Gasteiger partial charge is 0.506 e. The molecule has 1 aliphatic carbocycles. The number of carbonyl (C=O) groups is 2. The van der Waals surface area contributed by atoms with E-state index in [1.54, 1.807) is 31.2 Å². The van der Waals surface area contributed by atoms with Crippen molar-refractivity contribution in [2.45, 2.75) is 32.3 Å². The van der Waals surface area contributed by atoms with Gasteiger partial charge in [-0.1, -0.05) is 42.5 Å². The summed E-state index contributed by atoms with van der Waals surface area (Å²) in [4.78, 5) is 25.2. The number of carbonyl (C=O) groups excluding carboxylic acids is 2. The van der Waals surface area contributed by atoms with E-state index in [2.05, 4.69) is 0 Å². The number of hydrogen-bond acceptors (Lipinski definition) is 4. The minimum Gasteiger partial charge on any atom is -0.506 e. The summed E-state index contributed by atoms with van der Waals surface area (Å²) in [5, 5.41) is 11.8. The Hall–Kier alpha value is -3.14. The van der Waals surface area contributed by atoms with Crippen LogP contribution in [-0.2, 0) is 17.6 Å². The highest BCUT2D eigenvalue weighted by Crippen LogP contribution is 2.29. The monoisotopic (exact) mass is 360 g/mol. The molecule has 4 heteroatoms. The SMILES string of the molecule is C[C@@H](OC(=O)c1ccc2ccccc2c1O)C(=O)c1ccc2c(c1)CCC2. The van der Waals surface area contributed by atoms with Gasteiger partial charge in [0.05, 0.1) is 0 Å². The minimum atomic E-state index is -0.928. The van der Waals surface area contributed by atoms with Crippen LogP contribution >= 0.6 is 0 Å². The van der Waals surface area contributed by atoms with E-state index in [4.69, 9.17) is 4.74 Å². The topological polar surface area (TPSA) is 63.6 Å². The zero-order chi connectivity index (χ0) is 19.0. The first-order valence-electron chi connectivity index (χ1n) is 9.12. The maximum Gasteiger partial charge on any atom is 0.342 e. The molecule has 1 atom stereocenters. The molecule has 0 spiro atoms. The smallest absolute Gasteiger partial charge is 0.342 e. The number of aryl methyl sites for hydroxylation is 2. The van der Waals surface area contributed by atoms with Crippen molar-refractivity contribution in [3.05, 3.63) is 76.9 Å². The maximum atomic E-state index is 12.7. The lowest BCUT2D eigenvalue weighted by Gasteiger charge is -2.14. The molecule has 4 nitrogen and oxygen atoms in total. The van der Waals surface area contributed by atoms with Gasteiger partial charge in [0.15, 0.2) is 6.10 Å². The fourth-order valence-corrected chi connectivity index (χ4v) is 3.66. The molecule has 0 aromatic heterocycles. The highest BCUT2D eigenvalue weighted by Gasteiger charge is 2.24. The molecule has 0 bridgehead atoms. The zero-order valence-corrected chi connectivity index (χ0v) is 15.1. The Balaban J connectivity index is 1.54. The van der Waals surface area contributed by atoms with E-state index >= 15 is 0 Å². The van der Waals surface area contributed by atoms with Crippen LogP contribution in [0.25, 0.3) is 10.8 Å². The van der Waals surface area contributed by atoms with Crippen LogP contribution in [0.2, 0.25) is 0 Å². The minimum absolute atomic E-state index is 0.0577. The first-order chi connectivity index (χ1) is 13.0. The summed E-state index contributed by atoms with van der Waals surface area (Å²) in [6.07, 6.45) is 2.21. The number of phenolic OH excluding ortho intramolecular Hbond substituents is 1. The van der Waals surface area contributed by atoms with Gasteiger partial charge >= 0.3 is 5.97 Å². The first-order valence-corrected chi connectivity index (χ1v) is 9.12. The lowest BCUT2D eigenvalue weighted by molar-refractivity contribution is 0.0316. The third-order valence-electron chi connectivity index (χ3n) is 5.16. The highest BCUT2D eigenvalue weighted by atomic mass is 16.5. The van der Waals surface area contributed by atoms with Gasteiger partial charge in [-0.15, -0.1) is 0 Å². The van der Waals surface area contributed by atoms with Gasteiger partial charge in [-0.25, -0.2) is 4.79 Å². The van der Waals surface area contributed by atoms with Crippen LogP contribution in [-0.4, -0.2) is 23.0 Å². The van der Waals surface area contributed by atoms with Gasteiger partial charge in [-0.05, 0) is 54.8 Å². The fourth-order valence-electron chi connectivity index (χ4n) is 3.66. The molecular formula is C23H20O4. The Morgan fingerprint density at radius 2 is 1.78 bits per heavy atom. The van der Waals surface area contributed by atoms with Crippen LogP contribution in [0.1, 0.15) is 45.2 Å². The van der Waals surface area contributed by atoms with Crippen LogP contribution in [0.15, 0.2) is 54.6 Å². The van der Waals surface area contributed by atoms with Gasteiger partial charge < -0.3 is 9.84 Å². The van der Waals surface area contributed by atoms with E-state index in [1.807, 2.05) is 24.3 Å². The molecule has 136 valence electrons. The van der Waals surface area contributed by atoms with E-state index in [-0.39, 0.29) is 17.1 Å². The van der Waals surface area contributed by atoms with Crippen molar-refractivity contribution in [1.82, 2.24) is 0 Å². The summed E-state index contributed by atoms with van der Waals surface area (Å²) >= 11 is 0. The number of ether oxygens (including phenoxy) is 1. The van der Waals surface area contributed by atoms with Gasteiger partial charge in [-0.3, -0.25) is 4.79 Å². The standard InChI is InChI=1S/C23H20O4/c1-14(21(24)18-10-9-15-6-4-7-17(15)13-18)27-23(26)20-12-11-16-5-2-3-8-19(16)22(20)25/h2-3,5,8-14,25H,4,6-7H2,1H3/t14-/m1/s1. The molecule has 0 amide bonds. The summed E-state index contributed by atoms with van der Waals surface area (Å²) in [7, 11) is 0. The number of ketones is 1. The van der Waals surface area contributed by atoms with Gasteiger partial charge in [0, 0.05) is 10.9 Å². The number of esters is 1. The van der Waals surface area contributed by atoms with E-state index in [1.165, 1.54) is 17.2 Å². The van der Waals surface area contributed by atoms with E-state index < -0.39 is 12.1 Å². The maximum absolute atomic E-state index is 12.7. The highest BCUT2D eigenvalue weighted by molar-refractivity contribution is 6.04. The van der Waals surface area contributed by atoms with Crippen LogP contribution in [0.3, 0.4) is 0 Å². The Morgan fingerprint density at radius 1 is 1.00 bits per heavy atom. The molecule has 0 aliphatic heterocycles. The number of hydrogen-bond donors (Lipinski definition) is 1. The summed E-state index contributed by atoms with van der Waals surface area (Å²) < 4.78 is 5.35. The lowest BCUT2D eigenvalue weighted by atomic mass is 10.0. The summed E-state index contributed by atoms with van der Waals surface area (Å²) in [6.45, 7) is 1.56. The fraction of sp³-hybridized carbons (Fsp3) is 0.217. The number of fused-ring (bicyclic) bond motifs is 2. The second-order valence-electron chi connectivity index (χ2n) is 6.93. The van der Waals surface area contributed by atoms with Gasteiger partial charge in [0.2, 0.25) is 5.78 Å². The Labute approximate surface area is 157 Å². The molecule has 3 aromatic carbocycles. The number of Topliss-reactive ketones (excluding diaryl/α,β-unsaturated/α-hetero) is 1. The molecule has 0 radical (unpaired) electrons. The van der Waals surface area contributed by atoms with Crippen LogP contribution in [0.5, 0.6) is 5.75 Å². The molecule has 3 aromatic rings. The van der Waals surface area contributed by atoms with Crippen molar-refractivity contribution >= 4 is 22.5 Å². The van der Waals surface area contributed by atoms with Crippen molar-refractivity contribution in [2.24, 2.45) is 0 Å². The molecule has 0 heterocycles. The quantitative estimate of drug-likeness (QED) is 0.551. The number of rotatable bonds is 4. The molecule has 1 N–H and O–H groups in total. The van der Waals surface area contributed by atoms with Crippen molar-refractivity contribution in [1.29, 1.82) is 0 Å². The Kier molecular flexibility index (Phi) is 4.40. The van der Waals surface area contributed by atoms with Crippen molar-refractivity contribution in [3.63, 3.8) is 0 Å². The summed E-state index contributed by atoms with van der Waals surface area (Å²) in [5.41, 5.74) is 3.10. The summed E-state index contributed by atoms with van der Waals surface area (Å²) in [6, 6.07) is 16.2. The Morgan fingerprint density at radius 3 is 2.63 bits per heavy atom. The predicted octanol–water partition coefficient (Wildman–Crippen LogP) is 4.46. The molecular weight excluding hydrogens is 340 g/mol. The number of aromatic hydroxyl groups is 1. The third-order valence-corrected chi connectivity index (χ3v) is 5.16. The van der Waals surface area contributed by atoms with Gasteiger partial charge in [0.25, 0.3) is 0 Å². The van der Waals surface area contributed by atoms with Gasteiger partial charge in [-0.2, -0.15) is 0 Å². The third kappa shape index (κ3) is 3.19. The van der Waals surface area contributed by atoms with Crippen molar-refractivity contribution in [3.8, 4) is 5.75 Å². The van der Waals surface area contributed by atoms with Crippen molar-refractivity contribution in [2.75, 3.05) is 0 Å². The second-order valence-corrected chi connectivity index (χ2v) is 6.93. The predicted molar refractivity (Wildman–Crippen MR) is 103 cm³/mol. The molecule has 1 aliphatic rings.